The van der Waals surface area contributed by atoms with Gasteiger partial charge in [0, 0.05) is 0 Å². The Bertz CT molecular complexity index is 385. The van der Waals surface area contributed by atoms with Crippen molar-refractivity contribution in [2.24, 2.45) is 17.8 Å². The summed E-state index contributed by atoms with van der Waals surface area (Å²) in [4.78, 5) is 0. The molecule has 92 valence electrons. The Morgan fingerprint density at radius 2 is 1.82 bits per heavy atom. The number of hydrogen-bond donors (Lipinski definition) is 0. The summed E-state index contributed by atoms with van der Waals surface area (Å²) in [6.45, 7) is 0. The molecule has 1 saturated carbocycles. The van der Waals surface area contributed by atoms with Crippen LogP contribution in [0.5, 0.6) is 0 Å². The van der Waals surface area contributed by atoms with Gasteiger partial charge in [-0.2, -0.15) is 0 Å². The van der Waals surface area contributed by atoms with E-state index >= 15 is 0 Å². The molecule has 1 unspecified atom stereocenters. The molecule has 0 saturated heterocycles. The molecular weight excluding hydrogens is 204 g/mol. The van der Waals surface area contributed by atoms with E-state index in [4.69, 9.17) is 0 Å². The first-order valence-corrected chi connectivity index (χ1v) is 7.86. The van der Waals surface area contributed by atoms with Gasteiger partial charge in [-0.25, -0.2) is 0 Å². The predicted molar refractivity (Wildman–Crippen MR) is 71.7 cm³/mol. The standard InChI is InChI=1S/C17H24/c1-2-6-14-12(4-1)8-10-17-15-7-3-5-13(15)9-11-16(14)17/h7,12-14H,1-6,8-11H2/t12?,13-,14-/m0/s1. The zero-order valence-corrected chi connectivity index (χ0v) is 10.9. The van der Waals surface area contributed by atoms with Crippen LogP contribution in [0.1, 0.15) is 64.2 Å². The van der Waals surface area contributed by atoms with Crippen molar-refractivity contribution in [3.8, 4) is 0 Å². The maximum atomic E-state index is 2.59. The fraction of sp³-hybridized carbons (Fsp3) is 0.765. The van der Waals surface area contributed by atoms with Crippen LogP contribution in [0, 0.1) is 17.8 Å². The molecule has 0 aromatic heterocycles. The van der Waals surface area contributed by atoms with Crippen molar-refractivity contribution in [2.45, 2.75) is 64.2 Å². The average Bonchev–Trinajstić information content (AvgIpc) is 2.86. The first kappa shape index (κ1) is 10.4. The second-order valence-electron chi connectivity index (χ2n) is 6.67. The molecule has 0 heteroatoms. The lowest BCUT2D eigenvalue weighted by atomic mass is 9.63. The van der Waals surface area contributed by atoms with Crippen molar-refractivity contribution in [1.82, 2.24) is 0 Å². The molecule has 0 aliphatic heterocycles. The summed E-state index contributed by atoms with van der Waals surface area (Å²) in [5.74, 6) is 3.05. The van der Waals surface area contributed by atoms with Crippen LogP contribution < -0.4 is 0 Å². The van der Waals surface area contributed by atoms with Crippen LogP contribution in [-0.4, -0.2) is 0 Å². The van der Waals surface area contributed by atoms with E-state index < -0.39 is 0 Å². The van der Waals surface area contributed by atoms with Crippen LogP contribution in [0.3, 0.4) is 0 Å². The van der Waals surface area contributed by atoms with Gasteiger partial charge in [0.15, 0.2) is 0 Å². The Labute approximate surface area is 105 Å². The molecule has 0 bridgehead atoms. The van der Waals surface area contributed by atoms with Gasteiger partial charge in [0.05, 0.1) is 0 Å². The lowest BCUT2D eigenvalue weighted by molar-refractivity contribution is 0.230. The Balaban J connectivity index is 1.72. The average molecular weight is 228 g/mol. The normalized spacial score (nSPS) is 40.5. The fourth-order valence-electron chi connectivity index (χ4n) is 5.15. The van der Waals surface area contributed by atoms with Crippen LogP contribution in [0.25, 0.3) is 0 Å². The van der Waals surface area contributed by atoms with Crippen molar-refractivity contribution in [2.75, 3.05) is 0 Å². The lowest BCUT2D eigenvalue weighted by Gasteiger charge is -2.42. The molecule has 0 nitrogen and oxygen atoms in total. The second kappa shape index (κ2) is 4.00. The monoisotopic (exact) mass is 228 g/mol. The minimum Gasteiger partial charge on any atom is -0.0807 e. The molecule has 0 aromatic rings. The minimum absolute atomic E-state index is 0.967. The molecule has 4 aliphatic rings. The summed E-state index contributed by atoms with van der Waals surface area (Å²) in [7, 11) is 0. The zero-order valence-electron chi connectivity index (χ0n) is 10.9. The van der Waals surface area contributed by atoms with E-state index in [0.29, 0.717) is 0 Å². The Hall–Kier alpha value is -0.520. The summed E-state index contributed by atoms with van der Waals surface area (Å²) < 4.78 is 0. The molecule has 4 aliphatic carbocycles. The van der Waals surface area contributed by atoms with Gasteiger partial charge in [-0.15, -0.1) is 0 Å². The summed E-state index contributed by atoms with van der Waals surface area (Å²) in [5, 5.41) is 0. The van der Waals surface area contributed by atoms with Gasteiger partial charge < -0.3 is 0 Å². The first-order valence-electron chi connectivity index (χ1n) is 7.86. The molecular formula is C17H24. The maximum absolute atomic E-state index is 2.59. The quantitative estimate of drug-likeness (QED) is 0.546. The Morgan fingerprint density at radius 3 is 2.82 bits per heavy atom. The molecule has 0 aromatic carbocycles. The van der Waals surface area contributed by atoms with Crippen LogP contribution in [0.4, 0.5) is 0 Å². The molecule has 0 radical (unpaired) electrons. The van der Waals surface area contributed by atoms with E-state index in [0.717, 1.165) is 17.8 Å². The molecule has 1 fully saturated rings. The zero-order chi connectivity index (χ0) is 11.2. The van der Waals surface area contributed by atoms with E-state index in [-0.39, 0.29) is 0 Å². The van der Waals surface area contributed by atoms with Crippen molar-refractivity contribution >= 4 is 0 Å². The number of hydrogen-bond acceptors (Lipinski definition) is 0. The van der Waals surface area contributed by atoms with E-state index in [1.165, 1.54) is 64.2 Å². The van der Waals surface area contributed by atoms with Gasteiger partial charge in [-0.3, -0.25) is 0 Å². The van der Waals surface area contributed by atoms with Crippen LogP contribution >= 0.6 is 0 Å². The van der Waals surface area contributed by atoms with Crippen molar-refractivity contribution in [3.63, 3.8) is 0 Å². The number of rotatable bonds is 0. The summed E-state index contributed by atoms with van der Waals surface area (Å²) in [6, 6.07) is 0. The van der Waals surface area contributed by atoms with E-state index in [1.54, 1.807) is 0 Å². The Morgan fingerprint density at radius 1 is 0.882 bits per heavy atom. The van der Waals surface area contributed by atoms with Crippen molar-refractivity contribution in [1.29, 1.82) is 0 Å². The maximum Gasteiger partial charge on any atom is -0.0156 e. The van der Waals surface area contributed by atoms with Gasteiger partial charge >= 0.3 is 0 Å². The van der Waals surface area contributed by atoms with Gasteiger partial charge in [0.2, 0.25) is 0 Å². The van der Waals surface area contributed by atoms with E-state index in [9.17, 15) is 0 Å². The topological polar surface area (TPSA) is 0 Å². The fourth-order valence-corrected chi connectivity index (χ4v) is 5.15. The molecule has 0 heterocycles. The van der Waals surface area contributed by atoms with Gasteiger partial charge in [0.1, 0.15) is 0 Å². The van der Waals surface area contributed by atoms with Gasteiger partial charge in [-0.05, 0) is 80.3 Å². The third-order valence-electron chi connectivity index (χ3n) is 5.94. The van der Waals surface area contributed by atoms with E-state index in [2.05, 4.69) is 6.08 Å². The highest BCUT2D eigenvalue weighted by Crippen LogP contribution is 2.52. The van der Waals surface area contributed by atoms with Crippen molar-refractivity contribution in [3.05, 3.63) is 22.8 Å². The van der Waals surface area contributed by atoms with E-state index in [1.807, 2.05) is 16.7 Å². The highest BCUT2D eigenvalue weighted by molar-refractivity contribution is 5.44. The molecule has 0 N–H and O–H groups in total. The number of allylic oxidation sites excluding steroid dienone is 4. The number of fused-ring (bicyclic) bond motifs is 4. The molecule has 4 rings (SSSR count). The predicted octanol–water partition coefficient (Wildman–Crippen LogP) is 5.01. The first-order chi connectivity index (χ1) is 8.43. The SMILES string of the molecule is C1=C2C3=C(CC[C@@H]2CC1)[C@H]1CCCCC1CC3. The van der Waals surface area contributed by atoms with Gasteiger partial charge in [-0.1, -0.05) is 24.5 Å². The van der Waals surface area contributed by atoms with Crippen molar-refractivity contribution < 1.29 is 0 Å². The second-order valence-corrected chi connectivity index (χ2v) is 6.67. The largest absolute Gasteiger partial charge is 0.0807 e. The third-order valence-corrected chi connectivity index (χ3v) is 5.94. The lowest BCUT2D eigenvalue weighted by Crippen LogP contribution is -2.29. The molecule has 0 spiro atoms. The van der Waals surface area contributed by atoms with Crippen LogP contribution in [-0.2, 0) is 0 Å². The highest BCUT2D eigenvalue weighted by Gasteiger charge is 2.38. The summed E-state index contributed by atoms with van der Waals surface area (Å²) in [5.41, 5.74) is 5.61. The summed E-state index contributed by atoms with van der Waals surface area (Å²) in [6.07, 6.45) is 17.3. The smallest absolute Gasteiger partial charge is 0.0156 e. The summed E-state index contributed by atoms with van der Waals surface area (Å²) >= 11 is 0. The molecule has 17 heavy (non-hydrogen) atoms. The Kier molecular flexibility index (Phi) is 2.45. The van der Waals surface area contributed by atoms with Crippen LogP contribution in [0.15, 0.2) is 22.8 Å². The third kappa shape index (κ3) is 1.56. The minimum atomic E-state index is 0.967. The van der Waals surface area contributed by atoms with Crippen LogP contribution in [0.2, 0.25) is 0 Å². The van der Waals surface area contributed by atoms with Gasteiger partial charge in [0.25, 0.3) is 0 Å². The molecule has 0 amide bonds. The molecule has 3 atom stereocenters. The highest BCUT2D eigenvalue weighted by atomic mass is 14.4.